The molecule has 0 aromatic heterocycles. The van der Waals surface area contributed by atoms with Gasteiger partial charge in [-0.2, -0.15) is 26.3 Å². The first kappa shape index (κ1) is 30.3. The Hall–Kier alpha value is -2.63. The molecule has 5 nitrogen and oxygen atoms in total. The number of halogens is 6. The predicted molar refractivity (Wildman–Crippen MR) is 135 cm³/mol. The Balaban J connectivity index is 1.61. The summed E-state index contributed by atoms with van der Waals surface area (Å²) in [5, 5.41) is 9.73. The normalized spacial score (nSPS) is 27.4. The molecule has 0 saturated carbocycles. The number of piperidine rings is 1. The average Bonchev–Trinajstić information content (AvgIpc) is 2.88. The molecule has 0 radical (unpaired) electrons. The molecule has 2 aliphatic heterocycles. The minimum absolute atomic E-state index is 0.103. The molecule has 2 aromatic carbocycles. The smallest absolute Gasteiger partial charge is 0.416 e. The van der Waals surface area contributed by atoms with Crippen LogP contribution in [0, 0.1) is 11.3 Å². The van der Waals surface area contributed by atoms with E-state index in [9.17, 15) is 36.2 Å². The number of hydrogen-bond acceptors (Lipinski definition) is 4. The zero-order valence-corrected chi connectivity index (χ0v) is 22.3. The molecule has 2 saturated heterocycles. The van der Waals surface area contributed by atoms with Crippen molar-refractivity contribution in [1.82, 2.24) is 4.90 Å². The second kappa shape index (κ2) is 11.7. The predicted octanol–water partition coefficient (Wildman–Crippen LogP) is 6.79. The molecule has 4 rings (SSSR count). The molecule has 5 atom stereocenters. The summed E-state index contributed by atoms with van der Waals surface area (Å²) in [7, 11) is 0. The van der Waals surface area contributed by atoms with Crippen LogP contribution in [-0.2, 0) is 26.6 Å². The molecule has 0 unspecified atom stereocenters. The van der Waals surface area contributed by atoms with Crippen molar-refractivity contribution < 1.29 is 45.7 Å². The van der Waals surface area contributed by atoms with Crippen molar-refractivity contribution in [3.05, 3.63) is 70.8 Å². The SMILES string of the molecule is C[C@@H](O[C@@H]1COC[C@@H](CN2CCC[C@@](C)(C(=O)O)C2)[C@@H]1c1ccccc1)c1cc(C(F)(F)F)cc(C(F)(F)F)c1. The third kappa shape index (κ3) is 6.98. The molecule has 11 heteroatoms. The summed E-state index contributed by atoms with van der Waals surface area (Å²) in [6, 6.07) is 10.9. The van der Waals surface area contributed by atoms with Gasteiger partial charge in [0.15, 0.2) is 0 Å². The standard InChI is InChI=1S/C29H33F6NO4/c1-18(20-11-22(28(30,31)32)13-23(12-20)29(33,34)35)40-24-16-39-15-21(25(24)19-7-4-3-5-8-19)14-36-10-6-9-27(2,17-36)26(37)38/h3-5,7-8,11-13,18,21,24-25H,6,9-10,14-17H2,1-2H3,(H,37,38)/t18-,21-,24-,25+,27-/m1/s1. The van der Waals surface area contributed by atoms with Crippen LogP contribution >= 0.6 is 0 Å². The lowest BCUT2D eigenvalue weighted by molar-refractivity contribution is -0.152. The van der Waals surface area contributed by atoms with Gasteiger partial charge >= 0.3 is 18.3 Å². The van der Waals surface area contributed by atoms with Gasteiger partial charge in [0.25, 0.3) is 0 Å². The number of carboxylic acid groups (broad SMARTS) is 1. The van der Waals surface area contributed by atoms with Crippen molar-refractivity contribution >= 4 is 5.97 Å². The number of hydrogen-bond donors (Lipinski definition) is 1. The largest absolute Gasteiger partial charge is 0.481 e. The molecular weight excluding hydrogens is 540 g/mol. The molecule has 40 heavy (non-hydrogen) atoms. The summed E-state index contributed by atoms with van der Waals surface area (Å²) in [6.07, 6.45) is -10.4. The fourth-order valence-corrected chi connectivity index (χ4v) is 5.86. The van der Waals surface area contributed by atoms with Crippen molar-refractivity contribution in [1.29, 1.82) is 0 Å². The van der Waals surface area contributed by atoms with Crippen molar-refractivity contribution in [3.63, 3.8) is 0 Å². The summed E-state index contributed by atoms with van der Waals surface area (Å²) in [6.45, 7) is 5.22. The summed E-state index contributed by atoms with van der Waals surface area (Å²) in [4.78, 5) is 14.0. The second-order valence-corrected chi connectivity index (χ2v) is 11.1. The van der Waals surface area contributed by atoms with Crippen LogP contribution in [-0.4, -0.2) is 54.9 Å². The van der Waals surface area contributed by atoms with E-state index in [-0.39, 0.29) is 30.1 Å². The van der Waals surface area contributed by atoms with Gasteiger partial charge in [0.1, 0.15) is 0 Å². The molecule has 0 amide bonds. The number of benzene rings is 2. The number of aliphatic carboxylic acids is 1. The first-order valence-electron chi connectivity index (χ1n) is 13.2. The highest BCUT2D eigenvalue weighted by Gasteiger charge is 2.43. The van der Waals surface area contributed by atoms with Gasteiger partial charge in [-0.15, -0.1) is 0 Å². The topological polar surface area (TPSA) is 59.0 Å². The van der Waals surface area contributed by atoms with Gasteiger partial charge in [-0.05, 0) is 62.6 Å². The molecule has 2 aromatic rings. The molecule has 2 heterocycles. The maximum Gasteiger partial charge on any atom is 0.416 e. The van der Waals surface area contributed by atoms with Gasteiger partial charge in [0.05, 0.1) is 42.0 Å². The van der Waals surface area contributed by atoms with E-state index in [1.54, 1.807) is 6.92 Å². The fourth-order valence-electron chi connectivity index (χ4n) is 5.86. The van der Waals surface area contributed by atoms with Crippen LogP contribution in [0.4, 0.5) is 26.3 Å². The Bertz CT molecular complexity index is 1140. The highest BCUT2D eigenvalue weighted by atomic mass is 19.4. The fraction of sp³-hybridized carbons (Fsp3) is 0.552. The highest BCUT2D eigenvalue weighted by molar-refractivity contribution is 5.74. The second-order valence-electron chi connectivity index (χ2n) is 11.1. The highest BCUT2D eigenvalue weighted by Crippen LogP contribution is 2.41. The number of ether oxygens (including phenoxy) is 2. The summed E-state index contributed by atoms with van der Waals surface area (Å²) in [5.74, 6) is -1.27. The molecule has 220 valence electrons. The molecular formula is C29H33F6NO4. The zero-order valence-electron chi connectivity index (χ0n) is 22.3. The van der Waals surface area contributed by atoms with Gasteiger partial charge in [-0.3, -0.25) is 4.79 Å². The molecule has 0 spiro atoms. The maximum absolute atomic E-state index is 13.5. The van der Waals surface area contributed by atoms with Crippen LogP contribution in [0.5, 0.6) is 0 Å². The monoisotopic (exact) mass is 573 g/mol. The van der Waals surface area contributed by atoms with Gasteiger partial charge in [0, 0.05) is 24.9 Å². The van der Waals surface area contributed by atoms with Crippen LogP contribution in [0.1, 0.15) is 61.0 Å². The van der Waals surface area contributed by atoms with Crippen LogP contribution in [0.15, 0.2) is 48.5 Å². The van der Waals surface area contributed by atoms with E-state index in [0.29, 0.717) is 44.8 Å². The molecule has 2 fully saturated rings. The quantitative estimate of drug-likeness (QED) is 0.370. The van der Waals surface area contributed by atoms with Gasteiger partial charge in [-0.1, -0.05) is 30.3 Å². The molecule has 0 aliphatic carbocycles. The van der Waals surface area contributed by atoms with Crippen molar-refractivity contribution in [2.75, 3.05) is 32.8 Å². The van der Waals surface area contributed by atoms with E-state index >= 15 is 0 Å². The van der Waals surface area contributed by atoms with Crippen molar-refractivity contribution in [3.8, 4) is 0 Å². The lowest BCUT2D eigenvalue weighted by atomic mass is 9.78. The van der Waals surface area contributed by atoms with Crippen LogP contribution in [0.25, 0.3) is 0 Å². The van der Waals surface area contributed by atoms with E-state index in [1.807, 2.05) is 30.3 Å². The average molecular weight is 574 g/mol. The number of carboxylic acids is 1. The first-order valence-corrected chi connectivity index (χ1v) is 13.2. The number of nitrogens with zero attached hydrogens (tertiary/aromatic N) is 1. The van der Waals surface area contributed by atoms with E-state index in [4.69, 9.17) is 9.47 Å². The van der Waals surface area contributed by atoms with Crippen LogP contribution < -0.4 is 0 Å². The summed E-state index contributed by atoms with van der Waals surface area (Å²) >= 11 is 0. The van der Waals surface area contributed by atoms with Gasteiger partial charge in [-0.25, -0.2) is 0 Å². The van der Waals surface area contributed by atoms with Gasteiger partial charge in [0.2, 0.25) is 0 Å². The number of likely N-dealkylation sites (tertiary alicyclic amines) is 1. The minimum Gasteiger partial charge on any atom is -0.481 e. The zero-order chi connectivity index (χ0) is 29.3. The van der Waals surface area contributed by atoms with E-state index in [0.717, 1.165) is 12.0 Å². The number of rotatable bonds is 7. The lowest BCUT2D eigenvalue weighted by Gasteiger charge is -2.44. The summed E-state index contributed by atoms with van der Waals surface area (Å²) < 4.78 is 92.8. The van der Waals surface area contributed by atoms with Gasteiger partial charge < -0.3 is 19.5 Å². The molecule has 1 N–H and O–H groups in total. The minimum atomic E-state index is -4.96. The Morgan fingerprint density at radius 2 is 1.70 bits per heavy atom. The number of carbonyl (C=O) groups is 1. The maximum atomic E-state index is 13.5. The van der Waals surface area contributed by atoms with E-state index < -0.39 is 47.1 Å². The Kier molecular flexibility index (Phi) is 8.87. The van der Waals surface area contributed by atoms with Crippen LogP contribution in [0.3, 0.4) is 0 Å². The molecule has 0 bridgehead atoms. The first-order chi connectivity index (χ1) is 18.7. The van der Waals surface area contributed by atoms with Crippen LogP contribution in [0.2, 0.25) is 0 Å². The Morgan fingerprint density at radius 3 is 2.27 bits per heavy atom. The van der Waals surface area contributed by atoms with Crippen molar-refractivity contribution in [2.45, 2.75) is 57.2 Å². The number of alkyl halides is 6. The lowest BCUT2D eigenvalue weighted by Crippen LogP contribution is -2.50. The Morgan fingerprint density at radius 1 is 1.07 bits per heavy atom. The molecule has 2 aliphatic rings. The summed E-state index contributed by atoms with van der Waals surface area (Å²) in [5.41, 5.74) is -2.98. The third-order valence-corrected chi connectivity index (χ3v) is 7.95. The van der Waals surface area contributed by atoms with E-state index in [1.165, 1.54) is 6.92 Å². The Labute approximate surface area is 229 Å². The van der Waals surface area contributed by atoms with E-state index in [2.05, 4.69) is 4.90 Å². The van der Waals surface area contributed by atoms with Crippen molar-refractivity contribution in [2.24, 2.45) is 11.3 Å². The third-order valence-electron chi connectivity index (χ3n) is 7.95.